The van der Waals surface area contributed by atoms with Crippen LogP contribution in [0.4, 0.5) is 0 Å². The van der Waals surface area contributed by atoms with E-state index in [1.807, 2.05) is 28.9 Å². The van der Waals surface area contributed by atoms with Crippen molar-refractivity contribution in [1.29, 1.82) is 0 Å². The van der Waals surface area contributed by atoms with Crippen molar-refractivity contribution in [2.45, 2.75) is 39.2 Å². The Morgan fingerprint density at radius 3 is 3.00 bits per heavy atom. The molecule has 2 rings (SSSR count). The van der Waals surface area contributed by atoms with Crippen LogP contribution in [-0.4, -0.2) is 21.9 Å². The third-order valence-electron chi connectivity index (χ3n) is 3.21. The van der Waals surface area contributed by atoms with E-state index < -0.39 is 0 Å². The highest BCUT2D eigenvalue weighted by atomic mass is 79.9. The minimum absolute atomic E-state index is 0.490. The van der Waals surface area contributed by atoms with Gasteiger partial charge >= 0.3 is 0 Å². The highest BCUT2D eigenvalue weighted by molar-refractivity contribution is 9.10. The molecule has 2 heterocycles. The number of unbranched alkanes of at least 4 members (excludes halogenated alkanes) is 3. The summed E-state index contributed by atoms with van der Waals surface area (Å²) in [7, 11) is 0. The molecule has 3 N–H and O–H groups in total. The van der Waals surface area contributed by atoms with Crippen LogP contribution in [0.1, 0.15) is 38.3 Å². The molecular formula is C15H22BrN5. The van der Waals surface area contributed by atoms with E-state index in [0.29, 0.717) is 12.5 Å². The number of rotatable bonds is 7. The molecule has 0 atom stereocenters. The van der Waals surface area contributed by atoms with Gasteiger partial charge in [-0.2, -0.15) is 0 Å². The normalized spacial score (nSPS) is 12.0. The maximum absolute atomic E-state index is 5.85. The molecule has 0 saturated heterocycles. The zero-order valence-electron chi connectivity index (χ0n) is 12.3. The van der Waals surface area contributed by atoms with E-state index >= 15 is 0 Å². The van der Waals surface area contributed by atoms with Gasteiger partial charge < -0.3 is 15.5 Å². The van der Waals surface area contributed by atoms with Crippen molar-refractivity contribution in [3.05, 3.63) is 34.7 Å². The van der Waals surface area contributed by atoms with Gasteiger partial charge in [0.05, 0.1) is 12.2 Å². The summed E-state index contributed by atoms with van der Waals surface area (Å²) in [6, 6.07) is 3.94. The van der Waals surface area contributed by atoms with Crippen LogP contribution in [0.5, 0.6) is 0 Å². The summed E-state index contributed by atoms with van der Waals surface area (Å²) in [5.74, 6) is 0.490. The maximum atomic E-state index is 5.85. The van der Waals surface area contributed by atoms with Crippen molar-refractivity contribution in [2.24, 2.45) is 10.7 Å². The molecule has 2 aromatic rings. The molecule has 0 amide bonds. The number of halogens is 1. The number of imidazole rings is 1. The number of aliphatic imine (C=N–C) groups is 1. The predicted octanol–water partition coefficient (Wildman–Crippen LogP) is 3.08. The lowest BCUT2D eigenvalue weighted by Crippen LogP contribution is -2.32. The average Bonchev–Trinajstić information content (AvgIpc) is 2.87. The van der Waals surface area contributed by atoms with Crippen molar-refractivity contribution >= 4 is 27.5 Å². The average molecular weight is 352 g/mol. The van der Waals surface area contributed by atoms with Crippen LogP contribution in [-0.2, 0) is 6.54 Å². The van der Waals surface area contributed by atoms with Gasteiger partial charge in [0.25, 0.3) is 0 Å². The number of guanidine groups is 1. The molecule has 21 heavy (non-hydrogen) atoms. The fourth-order valence-corrected chi connectivity index (χ4v) is 2.44. The predicted molar refractivity (Wildman–Crippen MR) is 90.4 cm³/mol. The van der Waals surface area contributed by atoms with Gasteiger partial charge in [0, 0.05) is 23.4 Å². The van der Waals surface area contributed by atoms with E-state index in [2.05, 4.69) is 38.1 Å². The van der Waals surface area contributed by atoms with Gasteiger partial charge in [-0.3, -0.25) is 0 Å². The van der Waals surface area contributed by atoms with Crippen molar-refractivity contribution in [1.82, 2.24) is 14.7 Å². The number of nitrogens with one attached hydrogen (secondary N) is 1. The summed E-state index contributed by atoms with van der Waals surface area (Å²) < 4.78 is 3.00. The molecule has 0 aliphatic carbocycles. The molecule has 0 fully saturated rings. The fraction of sp³-hybridized carbons (Fsp3) is 0.467. The Labute approximate surface area is 133 Å². The number of fused-ring (bicyclic) bond motifs is 1. The number of nitrogens with two attached hydrogens (primary N) is 1. The molecule has 0 aromatic carbocycles. The van der Waals surface area contributed by atoms with Crippen LogP contribution in [0.25, 0.3) is 5.65 Å². The summed E-state index contributed by atoms with van der Waals surface area (Å²) >= 11 is 3.44. The van der Waals surface area contributed by atoms with Crippen molar-refractivity contribution in [2.75, 3.05) is 6.54 Å². The number of pyridine rings is 1. The van der Waals surface area contributed by atoms with Crippen LogP contribution < -0.4 is 11.1 Å². The van der Waals surface area contributed by atoms with E-state index in [-0.39, 0.29) is 0 Å². The lowest BCUT2D eigenvalue weighted by molar-refractivity contribution is 0.652. The van der Waals surface area contributed by atoms with Gasteiger partial charge in [0.1, 0.15) is 5.65 Å². The first-order valence-corrected chi connectivity index (χ1v) is 8.15. The van der Waals surface area contributed by atoms with Gasteiger partial charge in [-0.25, -0.2) is 9.98 Å². The van der Waals surface area contributed by atoms with Crippen molar-refractivity contribution in [3.63, 3.8) is 0 Å². The van der Waals surface area contributed by atoms with Crippen LogP contribution >= 0.6 is 15.9 Å². The van der Waals surface area contributed by atoms with Gasteiger partial charge in [-0.05, 0) is 34.5 Å². The van der Waals surface area contributed by atoms with E-state index in [1.165, 1.54) is 19.3 Å². The molecular weight excluding hydrogens is 330 g/mol. The summed E-state index contributed by atoms with van der Waals surface area (Å²) in [4.78, 5) is 8.82. The first-order chi connectivity index (χ1) is 10.2. The van der Waals surface area contributed by atoms with Gasteiger partial charge in [-0.15, -0.1) is 0 Å². The lowest BCUT2D eigenvalue weighted by Gasteiger charge is -2.04. The Hall–Kier alpha value is -1.56. The number of hydrogen-bond donors (Lipinski definition) is 2. The third-order valence-corrected chi connectivity index (χ3v) is 3.68. The largest absolute Gasteiger partial charge is 0.370 e. The number of nitrogens with zero attached hydrogens (tertiary/aromatic N) is 3. The van der Waals surface area contributed by atoms with Crippen LogP contribution in [0.15, 0.2) is 34.0 Å². The Kier molecular flexibility index (Phi) is 6.04. The Balaban J connectivity index is 1.83. The van der Waals surface area contributed by atoms with E-state index in [4.69, 9.17) is 5.73 Å². The molecule has 0 unspecified atom stereocenters. The van der Waals surface area contributed by atoms with Crippen LogP contribution in [0.2, 0.25) is 0 Å². The van der Waals surface area contributed by atoms with Gasteiger partial charge in [0.2, 0.25) is 0 Å². The molecule has 114 valence electrons. The number of aromatic nitrogens is 2. The third kappa shape index (κ3) is 5.04. The Bertz CT molecular complexity index is 605. The molecule has 2 aromatic heterocycles. The molecule has 0 aliphatic rings. The van der Waals surface area contributed by atoms with Crippen molar-refractivity contribution in [3.8, 4) is 0 Å². The summed E-state index contributed by atoms with van der Waals surface area (Å²) in [6.45, 7) is 3.58. The summed E-state index contributed by atoms with van der Waals surface area (Å²) in [5, 5.41) is 3.14. The first kappa shape index (κ1) is 15.8. The quantitative estimate of drug-likeness (QED) is 0.457. The van der Waals surface area contributed by atoms with E-state index in [9.17, 15) is 0 Å². The van der Waals surface area contributed by atoms with Gasteiger partial charge in [0.15, 0.2) is 5.96 Å². The SMILES string of the molecule is CCCCCCNC(N)=NCc1cn2cc(Br)ccc2n1. The Morgan fingerprint density at radius 2 is 2.19 bits per heavy atom. The smallest absolute Gasteiger partial charge is 0.188 e. The maximum Gasteiger partial charge on any atom is 0.188 e. The molecule has 0 spiro atoms. The Morgan fingerprint density at radius 1 is 1.33 bits per heavy atom. The van der Waals surface area contributed by atoms with E-state index in [0.717, 1.165) is 28.8 Å². The second-order valence-electron chi connectivity index (χ2n) is 5.03. The summed E-state index contributed by atoms with van der Waals surface area (Å²) in [6.07, 6.45) is 8.83. The minimum Gasteiger partial charge on any atom is -0.370 e. The molecule has 5 nitrogen and oxygen atoms in total. The molecule has 0 aliphatic heterocycles. The fourth-order valence-electron chi connectivity index (χ4n) is 2.08. The molecule has 0 radical (unpaired) electrons. The standard InChI is InChI=1S/C15H22BrN5/c1-2-3-4-5-8-18-15(17)19-9-13-11-21-10-12(16)6-7-14(21)20-13/h6-7,10-11H,2-5,8-9H2,1H3,(H3,17,18,19). The zero-order valence-corrected chi connectivity index (χ0v) is 13.9. The van der Waals surface area contributed by atoms with Crippen LogP contribution in [0, 0.1) is 0 Å². The van der Waals surface area contributed by atoms with Crippen molar-refractivity contribution < 1.29 is 0 Å². The second kappa shape index (κ2) is 8.02. The lowest BCUT2D eigenvalue weighted by atomic mass is 10.2. The van der Waals surface area contributed by atoms with E-state index in [1.54, 1.807) is 0 Å². The molecule has 0 bridgehead atoms. The summed E-state index contributed by atoms with van der Waals surface area (Å²) in [5.41, 5.74) is 7.67. The topological polar surface area (TPSA) is 67.7 Å². The molecule has 6 heteroatoms. The molecule has 0 saturated carbocycles. The first-order valence-electron chi connectivity index (χ1n) is 7.36. The highest BCUT2D eigenvalue weighted by Crippen LogP contribution is 2.12. The number of hydrogen-bond acceptors (Lipinski definition) is 2. The van der Waals surface area contributed by atoms with Crippen LogP contribution in [0.3, 0.4) is 0 Å². The second-order valence-corrected chi connectivity index (χ2v) is 5.95. The zero-order chi connectivity index (χ0) is 15.1. The van der Waals surface area contributed by atoms with Gasteiger partial charge in [-0.1, -0.05) is 26.2 Å². The minimum atomic E-state index is 0.490. The highest BCUT2D eigenvalue weighted by Gasteiger charge is 2.01. The monoisotopic (exact) mass is 351 g/mol.